The molecule has 0 aliphatic rings. The monoisotopic (exact) mass is 261 g/mol. The van der Waals surface area contributed by atoms with Gasteiger partial charge < -0.3 is 5.73 Å². The topological polar surface area (TPSA) is 93.2 Å². The summed E-state index contributed by atoms with van der Waals surface area (Å²) in [5.74, 6) is 0. The molecule has 0 unspecified atom stereocenters. The van der Waals surface area contributed by atoms with Crippen LogP contribution in [0.15, 0.2) is 12.3 Å². The molecule has 98 valence electrons. The van der Waals surface area contributed by atoms with Gasteiger partial charge in [-0.2, -0.15) is 22.5 Å². The number of hydrogen-bond acceptors (Lipinski definition) is 4. The molecule has 1 rings (SSSR count). The Kier molecular flexibility index (Phi) is 5.06. The molecule has 1 aromatic rings. The molecule has 0 aromatic carbocycles. The SMILES string of the molecule is CN(CCCN)S(=O)(=O)NCc1ccnn1C. The van der Waals surface area contributed by atoms with Gasteiger partial charge in [0.1, 0.15) is 0 Å². The van der Waals surface area contributed by atoms with Crippen molar-refractivity contribution in [1.82, 2.24) is 18.8 Å². The summed E-state index contributed by atoms with van der Waals surface area (Å²) in [6.07, 6.45) is 2.27. The van der Waals surface area contributed by atoms with Crippen LogP contribution in [0.3, 0.4) is 0 Å². The number of nitrogens with zero attached hydrogens (tertiary/aromatic N) is 3. The maximum atomic E-state index is 11.8. The molecule has 0 saturated carbocycles. The Labute approximate surface area is 102 Å². The zero-order valence-electron chi connectivity index (χ0n) is 10.1. The van der Waals surface area contributed by atoms with Crippen LogP contribution in [-0.2, 0) is 23.8 Å². The maximum absolute atomic E-state index is 11.8. The van der Waals surface area contributed by atoms with Crippen LogP contribution < -0.4 is 10.5 Å². The van der Waals surface area contributed by atoms with Gasteiger partial charge in [0, 0.05) is 26.8 Å². The predicted octanol–water partition coefficient (Wildman–Crippen LogP) is -0.965. The first-order chi connectivity index (χ1) is 7.97. The zero-order valence-corrected chi connectivity index (χ0v) is 10.9. The van der Waals surface area contributed by atoms with Crippen molar-refractivity contribution in [1.29, 1.82) is 0 Å². The van der Waals surface area contributed by atoms with Crippen LogP contribution in [0.2, 0.25) is 0 Å². The summed E-state index contributed by atoms with van der Waals surface area (Å²) in [6, 6.07) is 1.77. The van der Waals surface area contributed by atoms with Gasteiger partial charge in [0.2, 0.25) is 0 Å². The van der Waals surface area contributed by atoms with Crippen LogP contribution in [0.4, 0.5) is 0 Å². The van der Waals surface area contributed by atoms with Gasteiger partial charge in [-0.3, -0.25) is 4.68 Å². The number of aromatic nitrogens is 2. The summed E-state index contributed by atoms with van der Waals surface area (Å²) < 4.78 is 29.0. The van der Waals surface area contributed by atoms with Gasteiger partial charge in [-0.1, -0.05) is 0 Å². The summed E-state index contributed by atoms with van der Waals surface area (Å²) in [5.41, 5.74) is 6.14. The molecule has 0 fully saturated rings. The van der Waals surface area contributed by atoms with Gasteiger partial charge >= 0.3 is 0 Å². The lowest BCUT2D eigenvalue weighted by Gasteiger charge is -2.17. The lowest BCUT2D eigenvalue weighted by atomic mass is 10.4. The Bertz CT molecular complexity index is 442. The molecule has 8 heteroatoms. The number of aryl methyl sites for hydroxylation is 1. The Morgan fingerprint density at radius 1 is 1.59 bits per heavy atom. The molecule has 0 saturated heterocycles. The van der Waals surface area contributed by atoms with Gasteiger partial charge in [0.05, 0.1) is 12.2 Å². The molecule has 0 aliphatic carbocycles. The van der Waals surface area contributed by atoms with E-state index in [-0.39, 0.29) is 6.54 Å². The standard InChI is InChI=1S/C9H19N5O2S/c1-13(7-3-5-10)17(15,16)12-8-9-4-6-11-14(9)2/h4,6,12H,3,5,7-8,10H2,1-2H3. The largest absolute Gasteiger partial charge is 0.330 e. The van der Waals surface area contributed by atoms with Gasteiger partial charge in [-0.05, 0) is 19.0 Å². The predicted molar refractivity (Wildman–Crippen MR) is 65.3 cm³/mol. The van der Waals surface area contributed by atoms with Crippen molar-refractivity contribution in [2.45, 2.75) is 13.0 Å². The van der Waals surface area contributed by atoms with Crippen LogP contribution >= 0.6 is 0 Å². The third-order valence-corrected chi connectivity index (χ3v) is 3.96. The van der Waals surface area contributed by atoms with Crippen molar-refractivity contribution in [2.75, 3.05) is 20.1 Å². The van der Waals surface area contributed by atoms with E-state index >= 15 is 0 Å². The Morgan fingerprint density at radius 3 is 2.82 bits per heavy atom. The Morgan fingerprint density at radius 2 is 2.29 bits per heavy atom. The highest BCUT2D eigenvalue weighted by Gasteiger charge is 2.16. The molecule has 0 radical (unpaired) electrons. The number of nitrogens with two attached hydrogens (primary N) is 1. The van der Waals surface area contributed by atoms with Crippen LogP contribution in [0.25, 0.3) is 0 Å². The molecular formula is C9H19N5O2S. The quantitative estimate of drug-likeness (QED) is 0.661. The zero-order chi connectivity index (χ0) is 12.9. The van der Waals surface area contributed by atoms with Gasteiger partial charge in [0.15, 0.2) is 0 Å². The van der Waals surface area contributed by atoms with Crippen molar-refractivity contribution in [3.05, 3.63) is 18.0 Å². The molecule has 0 aliphatic heterocycles. The van der Waals surface area contributed by atoms with E-state index in [0.29, 0.717) is 19.5 Å². The first-order valence-electron chi connectivity index (χ1n) is 5.35. The van der Waals surface area contributed by atoms with E-state index < -0.39 is 10.2 Å². The molecular weight excluding hydrogens is 242 g/mol. The molecule has 0 spiro atoms. The highest BCUT2D eigenvalue weighted by atomic mass is 32.2. The van der Waals surface area contributed by atoms with Crippen molar-refractivity contribution < 1.29 is 8.42 Å². The van der Waals surface area contributed by atoms with E-state index in [2.05, 4.69) is 9.82 Å². The third-order valence-electron chi connectivity index (χ3n) is 2.45. The fraction of sp³-hybridized carbons (Fsp3) is 0.667. The van der Waals surface area contributed by atoms with Gasteiger partial charge in [-0.15, -0.1) is 0 Å². The second-order valence-corrected chi connectivity index (χ2v) is 5.60. The summed E-state index contributed by atoms with van der Waals surface area (Å²) in [4.78, 5) is 0. The van der Waals surface area contributed by atoms with Crippen LogP contribution in [0.1, 0.15) is 12.1 Å². The first kappa shape index (κ1) is 14.1. The molecule has 17 heavy (non-hydrogen) atoms. The minimum atomic E-state index is -3.44. The fourth-order valence-electron chi connectivity index (χ4n) is 1.28. The average molecular weight is 261 g/mol. The fourth-order valence-corrected chi connectivity index (χ4v) is 2.20. The van der Waals surface area contributed by atoms with Crippen LogP contribution in [0.5, 0.6) is 0 Å². The molecule has 7 nitrogen and oxygen atoms in total. The minimum absolute atomic E-state index is 0.228. The Hall–Kier alpha value is -0.960. The maximum Gasteiger partial charge on any atom is 0.279 e. The van der Waals surface area contributed by atoms with Gasteiger partial charge in [0.25, 0.3) is 10.2 Å². The number of rotatable bonds is 7. The second-order valence-electron chi connectivity index (χ2n) is 3.74. The highest BCUT2D eigenvalue weighted by molar-refractivity contribution is 7.87. The van der Waals surface area contributed by atoms with E-state index in [4.69, 9.17) is 5.73 Å². The van der Waals surface area contributed by atoms with Gasteiger partial charge in [-0.25, -0.2) is 0 Å². The number of hydrogen-bond donors (Lipinski definition) is 2. The normalized spacial score (nSPS) is 12.2. The lowest BCUT2D eigenvalue weighted by Crippen LogP contribution is -2.39. The van der Waals surface area contributed by atoms with E-state index in [9.17, 15) is 8.42 Å². The molecule has 1 aromatic heterocycles. The van der Waals surface area contributed by atoms with Crippen molar-refractivity contribution >= 4 is 10.2 Å². The van der Waals surface area contributed by atoms with E-state index in [1.165, 1.54) is 11.4 Å². The molecule has 0 atom stereocenters. The Balaban J connectivity index is 2.52. The lowest BCUT2D eigenvalue weighted by molar-refractivity contribution is 0.451. The second kappa shape index (κ2) is 6.10. The van der Waals surface area contributed by atoms with Crippen molar-refractivity contribution in [3.63, 3.8) is 0 Å². The van der Waals surface area contributed by atoms with E-state index in [0.717, 1.165) is 5.69 Å². The molecule has 0 bridgehead atoms. The third kappa shape index (κ3) is 4.08. The van der Waals surface area contributed by atoms with Crippen molar-refractivity contribution in [3.8, 4) is 0 Å². The summed E-state index contributed by atoms with van der Waals surface area (Å²) in [5, 5.41) is 3.96. The minimum Gasteiger partial charge on any atom is -0.330 e. The van der Waals surface area contributed by atoms with Crippen LogP contribution in [-0.4, -0.2) is 42.6 Å². The van der Waals surface area contributed by atoms with E-state index in [1.54, 1.807) is 24.0 Å². The molecule has 3 N–H and O–H groups in total. The highest BCUT2D eigenvalue weighted by Crippen LogP contribution is 2.00. The van der Waals surface area contributed by atoms with E-state index in [1.807, 2.05) is 0 Å². The molecule has 0 amide bonds. The summed E-state index contributed by atoms with van der Waals surface area (Å²) in [7, 11) is -0.144. The summed E-state index contributed by atoms with van der Waals surface area (Å²) >= 11 is 0. The molecule has 1 heterocycles. The average Bonchev–Trinajstić information content (AvgIpc) is 2.69. The summed E-state index contributed by atoms with van der Waals surface area (Å²) in [6.45, 7) is 1.12. The smallest absolute Gasteiger partial charge is 0.279 e. The van der Waals surface area contributed by atoms with Crippen LogP contribution in [0, 0.1) is 0 Å². The first-order valence-corrected chi connectivity index (χ1v) is 6.79. The number of nitrogens with one attached hydrogen (secondary N) is 1. The van der Waals surface area contributed by atoms with Crippen molar-refractivity contribution in [2.24, 2.45) is 12.8 Å².